The Morgan fingerprint density at radius 1 is 1.33 bits per heavy atom. The fourth-order valence-electron chi connectivity index (χ4n) is 0.632. The molecule has 0 aliphatic carbocycles. The molecule has 0 heterocycles. The highest BCUT2D eigenvalue weighted by atomic mass is 16.3. The molecule has 0 saturated heterocycles. The van der Waals surface area contributed by atoms with E-state index in [9.17, 15) is 0 Å². The maximum absolute atomic E-state index is 8.81. The minimum Gasteiger partial charge on any atom is -0.508 e. The molecule has 0 aromatic heterocycles. The van der Waals surface area contributed by atoms with Gasteiger partial charge >= 0.3 is 0 Å². The van der Waals surface area contributed by atoms with Gasteiger partial charge < -0.3 is 16.6 Å². The molecule has 5 N–H and O–H groups in total. The van der Waals surface area contributed by atoms with Gasteiger partial charge in [0.25, 0.3) is 0 Å². The van der Waals surface area contributed by atoms with Crippen LogP contribution in [0.25, 0.3) is 0 Å². The number of rotatable bonds is 1. The van der Waals surface area contributed by atoms with E-state index in [-0.39, 0.29) is 12.2 Å². The first kappa shape index (κ1) is 10.4. The predicted octanol–water partition coefficient (Wildman–Crippen LogP) is -0.0476. The van der Waals surface area contributed by atoms with Crippen LogP contribution in [0.1, 0.15) is 5.56 Å². The van der Waals surface area contributed by atoms with E-state index in [2.05, 4.69) is 5.73 Å². The molecular formula is C8H12N2O2. The van der Waals surface area contributed by atoms with Gasteiger partial charge in [-0.1, -0.05) is 12.1 Å². The van der Waals surface area contributed by atoms with Crippen LogP contribution >= 0.6 is 0 Å². The summed E-state index contributed by atoms with van der Waals surface area (Å²) < 4.78 is 0. The molecule has 0 radical (unpaired) electrons. The van der Waals surface area contributed by atoms with E-state index in [1.165, 1.54) is 0 Å². The van der Waals surface area contributed by atoms with Crippen LogP contribution < -0.4 is 11.5 Å². The highest BCUT2D eigenvalue weighted by Crippen LogP contribution is 2.08. The van der Waals surface area contributed by atoms with E-state index in [1.807, 2.05) is 0 Å². The maximum atomic E-state index is 8.81. The smallest absolute Gasteiger partial charge is 0.204 e. The van der Waals surface area contributed by atoms with Crippen LogP contribution in [-0.2, 0) is 11.3 Å². The fourth-order valence-corrected chi connectivity index (χ4v) is 0.632. The normalized spacial score (nSPS) is 8.08. The number of phenols is 1. The number of phenolic OH excluding ortho intramolecular Hbond substituents is 1. The lowest BCUT2D eigenvalue weighted by molar-refractivity contribution is -0.106. The summed E-state index contributed by atoms with van der Waals surface area (Å²) in [6.07, 6.45) is 0.250. The molecule has 1 amide bonds. The number of hydrogen-bond donors (Lipinski definition) is 3. The van der Waals surface area contributed by atoms with Crippen LogP contribution in [0.3, 0.4) is 0 Å². The number of hydrogen-bond acceptors (Lipinski definition) is 3. The van der Waals surface area contributed by atoms with Crippen molar-refractivity contribution in [1.29, 1.82) is 0 Å². The molecule has 1 aromatic carbocycles. The lowest BCUT2D eigenvalue weighted by atomic mass is 10.2. The number of aromatic hydroxyl groups is 1. The summed E-state index contributed by atoms with van der Waals surface area (Å²) in [6, 6.07) is 6.86. The van der Waals surface area contributed by atoms with Gasteiger partial charge in [-0.3, -0.25) is 4.79 Å². The Bertz CT molecular complexity index is 221. The molecular weight excluding hydrogens is 156 g/mol. The SMILES string of the molecule is NC=O.NCc1ccc(O)cc1. The predicted molar refractivity (Wildman–Crippen MR) is 46.2 cm³/mol. The summed E-state index contributed by atoms with van der Waals surface area (Å²) >= 11 is 0. The van der Waals surface area contributed by atoms with Crippen molar-refractivity contribution in [3.63, 3.8) is 0 Å². The maximum Gasteiger partial charge on any atom is 0.204 e. The zero-order chi connectivity index (χ0) is 9.40. The summed E-state index contributed by atoms with van der Waals surface area (Å²) in [5, 5.41) is 8.81. The van der Waals surface area contributed by atoms with Gasteiger partial charge in [0.2, 0.25) is 6.41 Å². The van der Waals surface area contributed by atoms with Crippen LogP contribution in [0.4, 0.5) is 0 Å². The second-order valence-electron chi connectivity index (χ2n) is 2.01. The molecule has 1 aromatic rings. The highest BCUT2D eigenvalue weighted by molar-refractivity contribution is 5.42. The largest absolute Gasteiger partial charge is 0.508 e. The van der Waals surface area contributed by atoms with Crippen LogP contribution in [0.15, 0.2) is 24.3 Å². The Balaban J connectivity index is 0.000000354. The summed E-state index contributed by atoms with van der Waals surface area (Å²) in [4.78, 5) is 8.58. The zero-order valence-corrected chi connectivity index (χ0v) is 6.60. The lowest BCUT2D eigenvalue weighted by Crippen LogP contribution is -1.94. The Kier molecular flexibility index (Phi) is 5.38. The second kappa shape index (κ2) is 6.18. The Hall–Kier alpha value is -1.55. The van der Waals surface area contributed by atoms with Crippen molar-refractivity contribution < 1.29 is 9.90 Å². The quantitative estimate of drug-likeness (QED) is 0.514. The van der Waals surface area contributed by atoms with E-state index < -0.39 is 0 Å². The molecule has 0 fully saturated rings. The molecule has 4 heteroatoms. The number of amides is 1. The van der Waals surface area contributed by atoms with Gasteiger partial charge in [0.1, 0.15) is 5.75 Å². The van der Waals surface area contributed by atoms with Crippen molar-refractivity contribution in [3.05, 3.63) is 29.8 Å². The molecule has 0 bridgehead atoms. The topological polar surface area (TPSA) is 89.3 Å². The average molecular weight is 168 g/mol. The Morgan fingerprint density at radius 2 is 1.75 bits per heavy atom. The van der Waals surface area contributed by atoms with Gasteiger partial charge in [-0.05, 0) is 17.7 Å². The molecule has 1 rings (SSSR count). The van der Waals surface area contributed by atoms with Crippen LogP contribution in [0, 0.1) is 0 Å². The van der Waals surface area contributed by atoms with Gasteiger partial charge in [0.15, 0.2) is 0 Å². The molecule has 0 unspecified atom stereocenters. The van der Waals surface area contributed by atoms with E-state index in [1.54, 1.807) is 24.3 Å². The first-order chi connectivity index (χ1) is 5.74. The van der Waals surface area contributed by atoms with Gasteiger partial charge in [-0.25, -0.2) is 0 Å². The summed E-state index contributed by atoms with van der Waals surface area (Å²) in [6.45, 7) is 0.528. The van der Waals surface area contributed by atoms with Crippen molar-refractivity contribution in [2.24, 2.45) is 11.5 Å². The number of carbonyl (C=O) groups is 1. The molecule has 66 valence electrons. The Labute approximate surface area is 70.8 Å². The van der Waals surface area contributed by atoms with Gasteiger partial charge in [-0.2, -0.15) is 0 Å². The minimum absolute atomic E-state index is 0.250. The first-order valence-electron chi connectivity index (χ1n) is 3.38. The third-order valence-electron chi connectivity index (χ3n) is 1.17. The summed E-state index contributed by atoms with van der Waals surface area (Å²) in [7, 11) is 0. The van der Waals surface area contributed by atoms with Crippen molar-refractivity contribution in [2.45, 2.75) is 6.54 Å². The van der Waals surface area contributed by atoms with E-state index in [4.69, 9.17) is 15.6 Å². The monoisotopic (exact) mass is 168 g/mol. The van der Waals surface area contributed by atoms with Crippen molar-refractivity contribution in [3.8, 4) is 5.75 Å². The van der Waals surface area contributed by atoms with E-state index >= 15 is 0 Å². The fraction of sp³-hybridized carbons (Fsp3) is 0.125. The summed E-state index contributed by atoms with van der Waals surface area (Å²) in [5.41, 5.74) is 10.5. The van der Waals surface area contributed by atoms with Gasteiger partial charge in [0.05, 0.1) is 0 Å². The van der Waals surface area contributed by atoms with E-state index in [0.29, 0.717) is 6.54 Å². The summed E-state index contributed by atoms with van der Waals surface area (Å²) in [5.74, 6) is 0.284. The number of carbonyl (C=O) groups excluding carboxylic acids is 1. The first-order valence-corrected chi connectivity index (χ1v) is 3.38. The lowest BCUT2D eigenvalue weighted by Gasteiger charge is -1.93. The van der Waals surface area contributed by atoms with E-state index in [0.717, 1.165) is 5.56 Å². The van der Waals surface area contributed by atoms with Crippen molar-refractivity contribution in [2.75, 3.05) is 0 Å². The second-order valence-corrected chi connectivity index (χ2v) is 2.01. The molecule has 4 nitrogen and oxygen atoms in total. The molecule has 0 aliphatic rings. The van der Waals surface area contributed by atoms with Crippen LogP contribution in [0.5, 0.6) is 5.75 Å². The zero-order valence-electron chi connectivity index (χ0n) is 6.60. The third kappa shape index (κ3) is 4.29. The molecule has 0 atom stereocenters. The molecule has 0 spiro atoms. The molecule has 0 aliphatic heterocycles. The van der Waals surface area contributed by atoms with Crippen molar-refractivity contribution in [1.82, 2.24) is 0 Å². The van der Waals surface area contributed by atoms with Crippen LogP contribution in [0.2, 0.25) is 0 Å². The van der Waals surface area contributed by atoms with Gasteiger partial charge in [0, 0.05) is 6.54 Å². The number of primary amides is 1. The number of benzene rings is 1. The van der Waals surface area contributed by atoms with Gasteiger partial charge in [-0.15, -0.1) is 0 Å². The average Bonchev–Trinajstić information content (AvgIpc) is 2.07. The molecule has 12 heavy (non-hydrogen) atoms. The van der Waals surface area contributed by atoms with Crippen LogP contribution in [-0.4, -0.2) is 11.5 Å². The molecule has 0 saturated carbocycles. The minimum atomic E-state index is 0.250. The standard InChI is InChI=1S/C7H9NO.CH3NO/c8-5-6-1-3-7(9)4-2-6;2-1-3/h1-4,9H,5,8H2;1H,(H2,2,3). The third-order valence-corrected chi connectivity index (χ3v) is 1.17. The Morgan fingerprint density at radius 3 is 2.08 bits per heavy atom. The van der Waals surface area contributed by atoms with Crippen molar-refractivity contribution >= 4 is 6.41 Å². The highest BCUT2D eigenvalue weighted by Gasteiger charge is 1.86. The number of nitrogens with two attached hydrogens (primary N) is 2.